The molecular weight excluding hydrogens is 450 g/mol. The van der Waals surface area contributed by atoms with E-state index in [4.69, 9.17) is 35.4 Å². The van der Waals surface area contributed by atoms with Crippen molar-refractivity contribution in [2.24, 2.45) is 5.73 Å². The molecule has 11 nitrogen and oxygen atoms in total. The highest BCUT2D eigenvalue weighted by molar-refractivity contribution is 5.75. The summed E-state index contributed by atoms with van der Waals surface area (Å²) in [6.07, 6.45) is 6.69. The standard InChI is InChI=1S/C23H25N7O2.CH2O2/c1-31-23-22(19-10-21(30-29-19)27-16-6-5-15(11-24)26-12-16)20(9-18(28-23)13-2-3-13)32-17-7-4-14(25)8-17;2-1-3/h5-6,9-10,12-14,17H,2-4,7-8,25H2,1H3,(H2,27,29,30);1H,(H,2,3)/t14-,17+;/m0./s1. The average molecular weight is 478 g/mol. The van der Waals surface area contributed by atoms with E-state index in [-0.39, 0.29) is 18.6 Å². The lowest BCUT2D eigenvalue weighted by molar-refractivity contribution is -0.122. The van der Waals surface area contributed by atoms with Crippen molar-refractivity contribution in [1.29, 1.82) is 5.26 Å². The summed E-state index contributed by atoms with van der Waals surface area (Å²) >= 11 is 0. The van der Waals surface area contributed by atoms with Crippen LogP contribution in [0.15, 0.2) is 30.5 Å². The zero-order valence-electron chi connectivity index (χ0n) is 19.3. The first-order chi connectivity index (χ1) is 17.0. The molecule has 2 saturated carbocycles. The number of rotatable bonds is 7. The number of carbonyl (C=O) groups is 1. The molecule has 0 aliphatic heterocycles. The van der Waals surface area contributed by atoms with E-state index in [2.05, 4.69) is 20.5 Å². The topological polar surface area (TPSA) is 172 Å². The van der Waals surface area contributed by atoms with E-state index in [1.165, 1.54) is 0 Å². The Hall–Kier alpha value is -4.17. The molecule has 3 aromatic rings. The molecule has 3 aromatic heterocycles. The van der Waals surface area contributed by atoms with E-state index in [0.29, 0.717) is 23.3 Å². The minimum absolute atomic E-state index is 0.0770. The lowest BCUT2D eigenvalue weighted by atomic mass is 10.1. The van der Waals surface area contributed by atoms with Crippen LogP contribution in [0.25, 0.3) is 11.3 Å². The Morgan fingerprint density at radius 1 is 1.29 bits per heavy atom. The van der Waals surface area contributed by atoms with Crippen molar-refractivity contribution in [1.82, 2.24) is 20.2 Å². The Labute approximate surface area is 202 Å². The number of pyridine rings is 2. The minimum atomic E-state index is -0.250. The van der Waals surface area contributed by atoms with E-state index in [1.54, 1.807) is 25.4 Å². The predicted molar refractivity (Wildman–Crippen MR) is 128 cm³/mol. The Balaban J connectivity index is 0.000000917. The highest BCUT2D eigenvalue weighted by Crippen LogP contribution is 2.45. The number of aromatic amines is 1. The lowest BCUT2D eigenvalue weighted by Gasteiger charge is -2.19. The molecule has 0 unspecified atom stereocenters. The molecule has 0 bridgehead atoms. The first kappa shape index (κ1) is 24.0. The summed E-state index contributed by atoms with van der Waals surface area (Å²) in [6.45, 7) is -0.250. The summed E-state index contributed by atoms with van der Waals surface area (Å²) in [7, 11) is 1.62. The number of aromatic nitrogens is 4. The van der Waals surface area contributed by atoms with Crippen LogP contribution in [-0.2, 0) is 4.79 Å². The van der Waals surface area contributed by atoms with Crippen molar-refractivity contribution in [2.75, 3.05) is 12.4 Å². The molecule has 0 radical (unpaired) electrons. The maximum Gasteiger partial charge on any atom is 0.290 e. The van der Waals surface area contributed by atoms with Gasteiger partial charge in [-0.25, -0.2) is 9.97 Å². The van der Waals surface area contributed by atoms with Gasteiger partial charge in [-0.3, -0.25) is 9.89 Å². The highest BCUT2D eigenvalue weighted by atomic mass is 16.5. The van der Waals surface area contributed by atoms with Crippen LogP contribution in [0.2, 0.25) is 0 Å². The first-order valence-electron chi connectivity index (χ1n) is 11.3. The summed E-state index contributed by atoms with van der Waals surface area (Å²) in [5, 5.41) is 26.4. The lowest BCUT2D eigenvalue weighted by Crippen LogP contribution is -2.19. The number of nitriles is 1. The molecule has 2 aliphatic carbocycles. The number of nitrogens with zero attached hydrogens (tertiary/aromatic N) is 4. The van der Waals surface area contributed by atoms with Gasteiger partial charge in [-0.1, -0.05) is 0 Å². The fraction of sp³-hybridized carbons (Fsp3) is 0.375. The molecule has 2 atom stereocenters. The van der Waals surface area contributed by atoms with Gasteiger partial charge >= 0.3 is 0 Å². The molecule has 182 valence electrons. The number of nitrogens with one attached hydrogen (secondary N) is 2. The average Bonchev–Trinajstić information content (AvgIpc) is 3.49. The fourth-order valence-corrected chi connectivity index (χ4v) is 4.05. The van der Waals surface area contributed by atoms with Crippen molar-refractivity contribution >= 4 is 18.0 Å². The molecular formula is C24H27N7O4. The van der Waals surface area contributed by atoms with Gasteiger partial charge in [0, 0.05) is 24.1 Å². The van der Waals surface area contributed by atoms with Gasteiger partial charge in [0.05, 0.1) is 30.4 Å². The smallest absolute Gasteiger partial charge is 0.290 e. The van der Waals surface area contributed by atoms with Gasteiger partial charge in [0.1, 0.15) is 29.2 Å². The van der Waals surface area contributed by atoms with E-state index in [0.717, 1.165) is 60.5 Å². The number of hydrogen-bond acceptors (Lipinski definition) is 9. The van der Waals surface area contributed by atoms with Gasteiger partial charge < -0.3 is 25.6 Å². The SMILES string of the molecule is COc1nc(C2CC2)cc(O[C@@H]2CC[C@H](N)C2)c1-c1cc(Nc2ccc(C#N)nc2)n[nH]1.O=CO. The van der Waals surface area contributed by atoms with Gasteiger partial charge in [0.25, 0.3) is 6.47 Å². The maximum absolute atomic E-state index is 8.91. The van der Waals surface area contributed by atoms with Crippen molar-refractivity contribution in [3.05, 3.63) is 41.9 Å². The Bertz CT molecular complexity index is 1200. The molecule has 2 aliphatic rings. The van der Waals surface area contributed by atoms with Crippen LogP contribution in [-0.4, -0.2) is 51.0 Å². The molecule has 0 aromatic carbocycles. The Morgan fingerprint density at radius 3 is 2.69 bits per heavy atom. The van der Waals surface area contributed by atoms with Crippen LogP contribution >= 0.6 is 0 Å². The number of H-pyrrole nitrogens is 1. The number of hydrogen-bond donors (Lipinski definition) is 4. The molecule has 2 fully saturated rings. The van der Waals surface area contributed by atoms with Crippen LogP contribution in [0, 0.1) is 11.3 Å². The van der Waals surface area contributed by atoms with E-state index >= 15 is 0 Å². The molecule has 3 heterocycles. The second-order valence-electron chi connectivity index (χ2n) is 8.46. The summed E-state index contributed by atoms with van der Waals surface area (Å²) in [5.74, 6) is 2.33. The number of ether oxygens (including phenoxy) is 2. The number of nitrogens with two attached hydrogens (primary N) is 1. The third kappa shape index (κ3) is 5.85. The Morgan fingerprint density at radius 2 is 2.09 bits per heavy atom. The molecule has 35 heavy (non-hydrogen) atoms. The van der Waals surface area contributed by atoms with Crippen LogP contribution in [0.1, 0.15) is 49.4 Å². The van der Waals surface area contributed by atoms with E-state index in [1.807, 2.05) is 18.2 Å². The van der Waals surface area contributed by atoms with Gasteiger partial charge in [-0.2, -0.15) is 10.4 Å². The minimum Gasteiger partial charge on any atom is -0.489 e. The zero-order valence-corrected chi connectivity index (χ0v) is 19.3. The van der Waals surface area contributed by atoms with Gasteiger partial charge in [-0.15, -0.1) is 0 Å². The zero-order chi connectivity index (χ0) is 24.8. The molecule has 0 saturated heterocycles. The molecule has 11 heteroatoms. The van der Waals surface area contributed by atoms with E-state index < -0.39 is 0 Å². The van der Waals surface area contributed by atoms with Gasteiger partial charge in [0.15, 0.2) is 5.82 Å². The van der Waals surface area contributed by atoms with Crippen LogP contribution in [0.5, 0.6) is 11.6 Å². The number of anilines is 2. The summed E-state index contributed by atoms with van der Waals surface area (Å²) in [4.78, 5) is 17.2. The first-order valence-corrected chi connectivity index (χ1v) is 11.3. The second-order valence-corrected chi connectivity index (χ2v) is 8.46. The summed E-state index contributed by atoms with van der Waals surface area (Å²) < 4.78 is 12.1. The van der Waals surface area contributed by atoms with Gasteiger partial charge in [0.2, 0.25) is 5.88 Å². The number of carboxylic acid groups (broad SMARTS) is 1. The normalized spacial score (nSPS) is 18.7. The van der Waals surface area contributed by atoms with Crippen molar-refractivity contribution in [2.45, 2.75) is 50.2 Å². The van der Waals surface area contributed by atoms with E-state index in [9.17, 15) is 0 Å². The Kier molecular flexibility index (Phi) is 7.42. The highest BCUT2D eigenvalue weighted by Gasteiger charge is 2.31. The molecule has 5 rings (SSSR count). The monoisotopic (exact) mass is 477 g/mol. The van der Waals surface area contributed by atoms with Crippen LogP contribution < -0.4 is 20.5 Å². The number of methoxy groups -OCH3 is 1. The largest absolute Gasteiger partial charge is 0.489 e. The molecule has 0 amide bonds. The summed E-state index contributed by atoms with van der Waals surface area (Å²) in [6, 6.07) is 9.54. The van der Waals surface area contributed by atoms with Crippen molar-refractivity contribution < 1.29 is 19.4 Å². The van der Waals surface area contributed by atoms with Crippen molar-refractivity contribution in [3.63, 3.8) is 0 Å². The third-order valence-electron chi connectivity index (χ3n) is 5.88. The predicted octanol–water partition coefficient (Wildman–Crippen LogP) is 3.33. The maximum atomic E-state index is 8.91. The molecule has 5 N–H and O–H groups in total. The quantitative estimate of drug-likeness (QED) is 0.370. The van der Waals surface area contributed by atoms with Crippen LogP contribution in [0.3, 0.4) is 0 Å². The van der Waals surface area contributed by atoms with Crippen molar-refractivity contribution in [3.8, 4) is 29.0 Å². The fourth-order valence-electron chi connectivity index (χ4n) is 4.05. The van der Waals surface area contributed by atoms with Gasteiger partial charge in [-0.05, 0) is 44.2 Å². The van der Waals surface area contributed by atoms with Crippen LogP contribution in [0.4, 0.5) is 11.5 Å². The molecule has 0 spiro atoms. The third-order valence-corrected chi connectivity index (χ3v) is 5.88. The second kappa shape index (κ2) is 10.8. The summed E-state index contributed by atoms with van der Waals surface area (Å²) in [5.41, 5.74) is 9.68.